The molecule has 0 aliphatic carbocycles. The van der Waals surface area contributed by atoms with Crippen LogP contribution in [0, 0.1) is 0 Å². The summed E-state index contributed by atoms with van der Waals surface area (Å²) in [5, 5.41) is 17.2. The van der Waals surface area contributed by atoms with E-state index in [0.29, 0.717) is 0 Å². The number of hydrogen-bond donors (Lipinski definition) is 2. The van der Waals surface area contributed by atoms with E-state index in [9.17, 15) is 4.79 Å². The lowest BCUT2D eigenvalue weighted by molar-refractivity contribution is -0.152. The minimum absolute atomic E-state index is 0.135. The van der Waals surface area contributed by atoms with Gasteiger partial charge >= 0.3 is 6.16 Å². The summed E-state index contributed by atoms with van der Waals surface area (Å²) in [5.41, 5.74) is 0. The number of rotatable bonds is 3. The molecule has 6 heteroatoms. The maximum Gasteiger partial charge on any atom is 0.505 e. The molecule has 1 saturated heterocycles. The summed E-state index contributed by atoms with van der Waals surface area (Å²) in [5.74, 6) is -0.806. The van der Waals surface area contributed by atoms with Crippen LogP contribution in [0.5, 0.6) is 0 Å². The average Bonchev–Trinajstić information content (AvgIpc) is 2.37. The highest BCUT2D eigenvalue weighted by Crippen LogP contribution is 2.27. The van der Waals surface area contributed by atoms with Crippen LogP contribution in [0.25, 0.3) is 0 Å². The highest BCUT2D eigenvalue weighted by atomic mass is 16.8. The van der Waals surface area contributed by atoms with Crippen LogP contribution in [0.3, 0.4) is 0 Å². The molecule has 2 N–H and O–H groups in total. The van der Waals surface area contributed by atoms with Gasteiger partial charge in [0, 0.05) is 0 Å². The Hall–Kier alpha value is -0.850. The molecule has 1 aliphatic rings. The summed E-state index contributed by atoms with van der Waals surface area (Å²) >= 11 is 0. The minimum atomic E-state index is -1.37. The van der Waals surface area contributed by atoms with Crippen molar-refractivity contribution in [1.29, 1.82) is 0 Å². The van der Waals surface area contributed by atoms with Crippen LogP contribution in [0.15, 0.2) is 0 Å². The summed E-state index contributed by atoms with van der Waals surface area (Å²) in [6, 6.07) is 0. The van der Waals surface area contributed by atoms with Crippen molar-refractivity contribution in [3.05, 3.63) is 0 Å². The fraction of sp³-hybridized carbons (Fsp3) is 0.875. The number of hydrogen-bond acceptors (Lipinski definition) is 5. The molecule has 82 valence electrons. The van der Waals surface area contributed by atoms with Crippen molar-refractivity contribution >= 4 is 6.16 Å². The molecule has 0 saturated carbocycles. The van der Waals surface area contributed by atoms with E-state index in [0.717, 1.165) is 0 Å². The second-order valence-corrected chi connectivity index (χ2v) is 3.47. The monoisotopic (exact) mass is 206 g/mol. The van der Waals surface area contributed by atoms with Crippen LogP contribution in [-0.2, 0) is 14.2 Å². The largest absolute Gasteiger partial charge is 0.505 e. The molecule has 0 aromatic heterocycles. The van der Waals surface area contributed by atoms with Gasteiger partial charge in [-0.25, -0.2) is 4.79 Å². The average molecular weight is 206 g/mol. The Morgan fingerprint density at radius 3 is 2.50 bits per heavy atom. The van der Waals surface area contributed by atoms with E-state index in [1.54, 1.807) is 13.8 Å². The molecule has 1 fully saturated rings. The number of ether oxygens (including phenoxy) is 3. The van der Waals surface area contributed by atoms with Gasteiger partial charge in [-0.2, -0.15) is 0 Å². The van der Waals surface area contributed by atoms with Crippen molar-refractivity contribution in [2.75, 3.05) is 13.2 Å². The first-order valence-electron chi connectivity index (χ1n) is 4.27. The standard InChI is InChI=1S/C8H14O6/c1-8(2)13-5(3-9)6(14-8)4-12-7(10)11/h5-6,9H,3-4H2,1-2H3,(H,10,11)/t5-,6-/m0/s1. The summed E-state index contributed by atoms with van der Waals surface area (Å²) in [6.45, 7) is 3.02. The minimum Gasteiger partial charge on any atom is -0.450 e. The lowest BCUT2D eigenvalue weighted by atomic mass is 10.2. The zero-order valence-electron chi connectivity index (χ0n) is 8.10. The molecular formula is C8H14O6. The van der Waals surface area contributed by atoms with E-state index < -0.39 is 24.2 Å². The molecule has 0 aromatic rings. The van der Waals surface area contributed by atoms with E-state index in [1.807, 2.05) is 0 Å². The van der Waals surface area contributed by atoms with E-state index in [2.05, 4.69) is 4.74 Å². The molecule has 1 rings (SSSR count). The Bertz CT molecular complexity index is 214. The van der Waals surface area contributed by atoms with Crippen LogP contribution in [0.2, 0.25) is 0 Å². The molecule has 14 heavy (non-hydrogen) atoms. The zero-order valence-corrected chi connectivity index (χ0v) is 8.10. The lowest BCUT2D eigenvalue weighted by Crippen LogP contribution is -2.31. The van der Waals surface area contributed by atoms with Crippen LogP contribution in [0.4, 0.5) is 4.79 Å². The summed E-state index contributed by atoms with van der Waals surface area (Å²) in [6.07, 6.45) is -2.45. The molecule has 1 aliphatic heterocycles. The highest BCUT2D eigenvalue weighted by molar-refractivity contribution is 5.56. The predicted molar refractivity (Wildman–Crippen MR) is 44.9 cm³/mol. The molecule has 0 spiro atoms. The Labute approximate surface area is 81.4 Å². The van der Waals surface area contributed by atoms with E-state index in [4.69, 9.17) is 19.7 Å². The predicted octanol–water partition coefficient (Wildman–Crippen LogP) is 0.193. The van der Waals surface area contributed by atoms with Gasteiger partial charge in [0.2, 0.25) is 0 Å². The van der Waals surface area contributed by atoms with Crippen molar-refractivity contribution < 1.29 is 29.2 Å². The second kappa shape index (κ2) is 4.12. The summed E-state index contributed by atoms with van der Waals surface area (Å²) in [4.78, 5) is 10.1. The van der Waals surface area contributed by atoms with E-state index >= 15 is 0 Å². The summed E-state index contributed by atoms with van der Waals surface area (Å²) in [7, 11) is 0. The first-order chi connectivity index (χ1) is 6.44. The Morgan fingerprint density at radius 1 is 1.43 bits per heavy atom. The van der Waals surface area contributed by atoms with Gasteiger partial charge in [0.1, 0.15) is 18.8 Å². The van der Waals surface area contributed by atoms with Gasteiger partial charge in [-0.1, -0.05) is 0 Å². The van der Waals surface area contributed by atoms with Gasteiger partial charge in [0.25, 0.3) is 0 Å². The zero-order chi connectivity index (χ0) is 10.8. The molecule has 6 nitrogen and oxygen atoms in total. The number of carboxylic acid groups (broad SMARTS) is 1. The maximum atomic E-state index is 10.1. The van der Waals surface area contributed by atoms with Gasteiger partial charge < -0.3 is 24.4 Å². The quantitative estimate of drug-likeness (QED) is 0.641. The maximum absolute atomic E-state index is 10.1. The Balaban J connectivity index is 2.47. The van der Waals surface area contributed by atoms with E-state index in [-0.39, 0.29) is 13.2 Å². The molecule has 1 heterocycles. The van der Waals surface area contributed by atoms with Gasteiger partial charge in [0.05, 0.1) is 6.61 Å². The lowest BCUT2D eigenvalue weighted by Gasteiger charge is -2.16. The third-order valence-corrected chi connectivity index (χ3v) is 1.84. The number of aliphatic hydroxyl groups is 1. The SMILES string of the molecule is CC1(C)O[C@@H](CO)[C@H](COC(=O)O)O1. The number of carbonyl (C=O) groups is 1. The van der Waals surface area contributed by atoms with Crippen LogP contribution in [-0.4, -0.2) is 47.6 Å². The molecule has 0 unspecified atom stereocenters. The van der Waals surface area contributed by atoms with Gasteiger partial charge in [-0.3, -0.25) is 0 Å². The molecular weight excluding hydrogens is 192 g/mol. The molecule has 0 amide bonds. The molecule has 0 aromatic carbocycles. The third-order valence-electron chi connectivity index (χ3n) is 1.84. The van der Waals surface area contributed by atoms with Crippen molar-refractivity contribution in [3.8, 4) is 0 Å². The second-order valence-electron chi connectivity index (χ2n) is 3.47. The molecule has 0 radical (unpaired) electrons. The van der Waals surface area contributed by atoms with Crippen LogP contribution in [0.1, 0.15) is 13.8 Å². The fourth-order valence-electron chi connectivity index (χ4n) is 1.36. The molecule has 2 atom stereocenters. The van der Waals surface area contributed by atoms with Crippen LogP contribution < -0.4 is 0 Å². The fourth-order valence-corrected chi connectivity index (χ4v) is 1.36. The van der Waals surface area contributed by atoms with Gasteiger partial charge in [-0.05, 0) is 13.8 Å². The van der Waals surface area contributed by atoms with Crippen molar-refractivity contribution in [2.45, 2.75) is 31.8 Å². The Kier molecular flexibility index (Phi) is 3.30. The van der Waals surface area contributed by atoms with Crippen molar-refractivity contribution in [3.63, 3.8) is 0 Å². The third kappa shape index (κ3) is 2.83. The first-order valence-corrected chi connectivity index (χ1v) is 4.27. The smallest absolute Gasteiger partial charge is 0.450 e. The Morgan fingerprint density at radius 2 is 2.00 bits per heavy atom. The van der Waals surface area contributed by atoms with Crippen molar-refractivity contribution in [1.82, 2.24) is 0 Å². The summed E-state index contributed by atoms with van der Waals surface area (Å²) < 4.78 is 15.0. The van der Waals surface area contributed by atoms with Gasteiger partial charge in [-0.15, -0.1) is 0 Å². The van der Waals surface area contributed by atoms with Gasteiger partial charge in [0.15, 0.2) is 5.79 Å². The molecule has 0 bridgehead atoms. The van der Waals surface area contributed by atoms with E-state index in [1.165, 1.54) is 0 Å². The number of aliphatic hydroxyl groups excluding tert-OH is 1. The topological polar surface area (TPSA) is 85.2 Å². The highest BCUT2D eigenvalue weighted by Gasteiger charge is 2.41. The normalized spacial score (nSPS) is 30.2. The van der Waals surface area contributed by atoms with Crippen LogP contribution >= 0.6 is 0 Å². The first kappa shape index (κ1) is 11.2. The van der Waals surface area contributed by atoms with Crippen molar-refractivity contribution in [2.24, 2.45) is 0 Å².